The van der Waals surface area contributed by atoms with Gasteiger partial charge in [-0.3, -0.25) is 0 Å². The van der Waals surface area contributed by atoms with E-state index in [-0.39, 0.29) is 0 Å². The third kappa shape index (κ3) is 2.38. The molecule has 1 aromatic carbocycles. The summed E-state index contributed by atoms with van der Waals surface area (Å²) in [6.07, 6.45) is 1.45. The SMILES string of the molecule is Cc1oc2ccccc2c1C=C(F)B1OC(C)(C)C(C)(C)O1. The van der Waals surface area contributed by atoms with Gasteiger partial charge in [0.05, 0.1) is 11.2 Å². The Kier molecular flexibility index (Phi) is 3.46. The predicted molar refractivity (Wildman–Crippen MR) is 86.1 cm³/mol. The molecule has 0 amide bonds. The first-order chi connectivity index (χ1) is 10.2. The van der Waals surface area contributed by atoms with Crippen molar-refractivity contribution in [2.24, 2.45) is 0 Å². The molecule has 0 saturated carbocycles. The molecule has 116 valence electrons. The van der Waals surface area contributed by atoms with Crippen molar-refractivity contribution in [2.75, 3.05) is 0 Å². The van der Waals surface area contributed by atoms with Gasteiger partial charge >= 0.3 is 7.12 Å². The maximum absolute atomic E-state index is 14.6. The van der Waals surface area contributed by atoms with Gasteiger partial charge in [-0.05, 0) is 46.8 Å². The monoisotopic (exact) mass is 302 g/mol. The van der Waals surface area contributed by atoms with Gasteiger partial charge in [0.25, 0.3) is 0 Å². The highest BCUT2D eigenvalue weighted by molar-refractivity contribution is 6.54. The van der Waals surface area contributed by atoms with Crippen LogP contribution in [0.15, 0.2) is 34.4 Å². The van der Waals surface area contributed by atoms with Crippen LogP contribution >= 0.6 is 0 Å². The highest BCUT2D eigenvalue weighted by Gasteiger charge is 2.53. The standard InChI is InChI=1S/C17H20BFO3/c1-11-13(12-8-6-7-9-14(12)20-11)10-15(19)18-21-16(2,3)17(4,5)22-18/h6-10H,1-5H3. The van der Waals surface area contributed by atoms with E-state index in [2.05, 4.69) is 0 Å². The van der Waals surface area contributed by atoms with E-state index in [1.807, 2.05) is 58.9 Å². The first kappa shape index (κ1) is 15.3. The zero-order valence-electron chi connectivity index (χ0n) is 13.6. The Morgan fingerprint density at radius 2 is 1.68 bits per heavy atom. The van der Waals surface area contributed by atoms with Crippen LogP contribution in [-0.4, -0.2) is 18.3 Å². The molecule has 2 aromatic rings. The van der Waals surface area contributed by atoms with E-state index in [0.29, 0.717) is 5.76 Å². The second-order valence-corrected chi connectivity index (χ2v) is 6.69. The molecule has 1 aliphatic rings. The Balaban J connectivity index is 1.97. The van der Waals surface area contributed by atoms with Crippen molar-refractivity contribution in [3.63, 3.8) is 0 Å². The van der Waals surface area contributed by atoms with Gasteiger partial charge in [-0.2, -0.15) is 0 Å². The van der Waals surface area contributed by atoms with Crippen LogP contribution in [0.25, 0.3) is 17.0 Å². The smallest absolute Gasteiger partial charge is 0.461 e. The van der Waals surface area contributed by atoms with Crippen molar-refractivity contribution in [1.29, 1.82) is 0 Å². The number of fused-ring (bicyclic) bond motifs is 1. The minimum atomic E-state index is -0.988. The summed E-state index contributed by atoms with van der Waals surface area (Å²) in [6.45, 7) is 9.43. The molecule has 0 radical (unpaired) electrons. The zero-order valence-corrected chi connectivity index (χ0v) is 13.6. The minimum Gasteiger partial charge on any atom is -0.461 e. The Morgan fingerprint density at radius 1 is 1.09 bits per heavy atom. The van der Waals surface area contributed by atoms with Crippen molar-refractivity contribution >= 4 is 24.2 Å². The van der Waals surface area contributed by atoms with Gasteiger partial charge in [0.15, 0.2) is 0 Å². The van der Waals surface area contributed by atoms with Gasteiger partial charge in [0.1, 0.15) is 17.1 Å². The fraction of sp³-hybridized carbons (Fsp3) is 0.412. The van der Waals surface area contributed by atoms with Crippen LogP contribution in [0.5, 0.6) is 0 Å². The van der Waals surface area contributed by atoms with E-state index in [1.54, 1.807) is 0 Å². The third-order valence-electron chi connectivity index (χ3n) is 4.58. The highest BCUT2D eigenvalue weighted by atomic mass is 19.1. The molecule has 1 aromatic heterocycles. The van der Waals surface area contributed by atoms with Crippen LogP contribution < -0.4 is 0 Å². The lowest BCUT2D eigenvalue weighted by Gasteiger charge is -2.32. The number of hydrogen-bond donors (Lipinski definition) is 0. The second-order valence-electron chi connectivity index (χ2n) is 6.69. The Hall–Kier alpha value is -1.59. The zero-order chi connectivity index (χ0) is 16.1. The van der Waals surface area contributed by atoms with Crippen molar-refractivity contribution in [1.82, 2.24) is 0 Å². The molecule has 1 saturated heterocycles. The van der Waals surface area contributed by atoms with E-state index in [0.717, 1.165) is 16.5 Å². The van der Waals surface area contributed by atoms with E-state index in [4.69, 9.17) is 13.7 Å². The molecule has 5 heteroatoms. The maximum atomic E-state index is 14.6. The molecule has 3 nitrogen and oxygen atoms in total. The lowest BCUT2D eigenvalue weighted by atomic mass is 9.86. The molecule has 22 heavy (non-hydrogen) atoms. The average molecular weight is 302 g/mol. The number of benzene rings is 1. The van der Waals surface area contributed by atoms with Crippen molar-refractivity contribution in [2.45, 2.75) is 45.8 Å². The number of furan rings is 1. The van der Waals surface area contributed by atoms with Gasteiger partial charge in [-0.1, -0.05) is 18.2 Å². The molecule has 0 atom stereocenters. The van der Waals surface area contributed by atoms with Crippen LogP contribution in [0.4, 0.5) is 4.39 Å². The number of rotatable bonds is 2. The quantitative estimate of drug-likeness (QED) is 0.755. The molecule has 1 aliphatic heterocycles. The molecular formula is C17H20BFO3. The maximum Gasteiger partial charge on any atom is 0.525 e. The summed E-state index contributed by atoms with van der Waals surface area (Å²) in [5.74, 6) is 0.674. The summed E-state index contributed by atoms with van der Waals surface area (Å²) in [4.78, 5) is 0. The number of halogens is 1. The number of hydrogen-bond acceptors (Lipinski definition) is 3. The first-order valence-corrected chi connectivity index (χ1v) is 7.42. The molecule has 0 bridgehead atoms. The summed E-state index contributed by atoms with van der Waals surface area (Å²) in [5, 5.41) is 0.881. The van der Waals surface area contributed by atoms with Gasteiger partial charge in [0.2, 0.25) is 0 Å². The Morgan fingerprint density at radius 3 is 2.32 bits per heavy atom. The predicted octanol–water partition coefficient (Wildman–Crippen LogP) is 4.68. The molecule has 3 rings (SSSR count). The molecule has 1 fully saturated rings. The highest BCUT2D eigenvalue weighted by Crippen LogP contribution is 2.39. The fourth-order valence-corrected chi connectivity index (χ4v) is 2.53. The van der Waals surface area contributed by atoms with E-state index < -0.39 is 24.0 Å². The summed E-state index contributed by atoms with van der Waals surface area (Å²) in [6, 6.07) is 7.58. The van der Waals surface area contributed by atoms with E-state index in [9.17, 15) is 4.39 Å². The molecule has 2 heterocycles. The van der Waals surface area contributed by atoms with Gasteiger partial charge in [-0.25, -0.2) is 4.39 Å². The van der Waals surface area contributed by atoms with Crippen LogP contribution in [0.2, 0.25) is 0 Å². The van der Waals surface area contributed by atoms with Crippen LogP contribution in [0.3, 0.4) is 0 Å². The van der Waals surface area contributed by atoms with Crippen molar-refractivity contribution in [3.8, 4) is 0 Å². The second kappa shape index (κ2) is 4.96. The van der Waals surface area contributed by atoms with Gasteiger partial charge in [0, 0.05) is 10.9 Å². The topological polar surface area (TPSA) is 31.6 Å². The fourth-order valence-electron chi connectivity index (χ4n) is 2.53. The van der Waals surface area contributed by atoms with E-state index >= 15 is 0 Å². The lowest BCUT2D eigenvalue weighted by molar-refractivity contribution is 0.00578. The van der Waals surface area contributed by atoms with Gasteiger partial charge < -0.3 is 13.7 Å². The van der Waals surface area contributed by atoms with Crippen molar-refractivity contribution < 1.29 is 18.1 Å². The summed E-state index contributed by atoms with van der Waals surface area (Å²) < 4.78 is 31.7. The normalized spacial score (nSPS) is 20.8. The van der Waals surface area contributed by atoms with Crippen molar-refractivity contribution in [3.05, 3.63) is 41.3 Å². The number of para-hydroxylation sites is 1. The number of aryl methyl sites for hydroxylation is 1. The summed E-state index contributed by atoms with van der Waals surface area (Å²) >= 11 is 0. The summed E-state index contributed by atoms with van der Waals surface area (Å²) in [7, 11) is -0.988. The average Bonchev–Trinajstić information content (AvgIpc) is 2.84. The Labute approximate surface area is 130 Å². The molecule has 0 spiro atoms. The van der Waals surface area contributed by atoms with Gasteiger partial charge in [-0.15, -0.1) is 0 Å². The van der Waals surface area contributed by atoms with E-state index in [1.165, 1.54) is 6.08 Å². The molecule has 0 N–H and O–H groups in total. The van der Waals surface area contributed by atoms with Crippen LogP contribution in [-0.2, 0) is 9.31 Å². The minimum absolute atomic E-state index is 0.451. The first-order valence-electron chi connectivity index (χ1n) is 7.42. The summed E-state index contributed by atoms with van der Waals surface area (Å²) in [5.41, 5.74) is -0.101. The third-order valence-corrected chi connectivity index (χ3v) is 4.58. The molecule has 0 aliphatic carbocycles. The largest absolute Gasteiger partial charge is 0.525 e. The van der Waals surface area contributed by atoms with Crippen LogP contribution in [0, 0.1) is 6.92 Å². The van der Waals surface area contributed by atoms with Crippen LogP contribution in [0.1, 0.15) is 39.0 Å². The molecular weight excluding hydrogens is 282 g/mol. The Bertz CT molecular complexity index is 729. The lowest BCUT2D eigenvalue weighted by Crippen LogP contribution is -2.41. The molecule has 0 unspecified atom stereocenters.